The number of carboxylic acid groups (broad SMARTS) is 1. The van der Waals surface area contributed by atoms with Gasteiger partial charge in [0.25, 0.3) is 5.56 Å². The zero-order valence-electron chi connectivity index (χ0n) is 19.9. The monoisotopic (exact) mass is 463 g/mol. The fraction of sp³-hybridized carbons (Fsp3) is 0.346. The number of rotatable bonds is 8. The molecule has 8 heteroatoms. The van der Waals surface area contributed by atoms with Gasteiger partial charge in [-0.05, 0) is 42.7 Å². The molecule has 4 aromatic rings. The van der Waals surface area contributed by atoms with Crippen molar-refractivity contribution in [2.24, 2.45) is 7.05 Å². The van der Waals surface area contributed by atoms with E-state index < -0.39 is 23.3 Å². The van der Waals surface area contributed by atoms with Crippen LogP contribution in [0.5, 0.6) is 5.75 Å². The Hall–Kier alpha value is -3.81. The van der Waals surface area contributed by atoms with Crippen LogP contribution in [0.2, 0.25) is 0 Å². The molecule has 0 aliphatic heterocycles. The van der Waals surface area contributed by atoms with E-state index >= 15 is 0 Å². The fourth-order valence-corrected chi connectivity index (χ4v) is 4.70. The minimum absolute atomic E-state index is 0.186. The number of aliphatic carboxylic acids is 1. The van der Waals surface area contributed by atoms with Crippen LogP contribution < -0.4 is 16.0 Å². The summed E-state index contributed by atoms with van der Waals surface area (Å²) in [4.78, 5) is 39.2. The molecule has 0 aliphatic rings. The highest BCUT2D eigenvalue weighted by molar-refractivity contribution is 5.87. The average Bonchev–Trinajstić information content (AvgIpc) is 3.14. The molecule has 34 heavy (non-hydrogen) atoms. The van der Waals surface area contributed by atoms with Gasteiger partial charge in [-0.1, -0.05) is 31.9 Å². The topological polar surface area (TPSA) is 95.5 Å². The third-order valence-corrected chi connectivity index (χ3v) is 6.44. The predicted molar refractivity (Wildman–Crippen MR) is 132 cm³/mol. The first kappa shape index (κ1) is 23.4. The number of hydrogen-bond acceptors (Lipinski definition) is 4. The minimum atomic E-state index is -1.23. The van der Waals surface area contributed by atoms with Crippen LogP contribution in [0.1, 0.15) is 43.4 Å². The Morgan fingerprint density at radius 2 is 1.91 bits per heavy atom. The van der Waals surface area contributed by atoms with Gasteiger partial charge in [0.2, 0.25) is 0 Å². The van der Waals surface area contributed by atoms with Crippen molar-refractivity contribution in [3.63, 3.8) is 0 Å². The summed E-state index contributed by atoms with van der Waals surface area (Å²) >= 11 is 0. The molecule has 0 saturated heterocycles. The van der Waals surface area contributed by atoms with Crippen molar-refractivity contribution in [1.82, 2.24) is 13.7 Å². The van der Waals surface area contributed by atoms with Crippen molar-refractivity contribution >= 4 is 27.8 Å². The third-order valence-electron chi connectivity index (χ3n) is 6.44. The van der Waals surface area contributed by atoms with Crippen molar-refractivity contribution in [3.05, 3.63) is 74.6 Å². The molecule has 4 rings (SSSR count). The van der Waals surface area contributed by atoms with Gasteiger partial charge in [0.1, 0.15) is 11.8 Å². The van der Waals surface area contributed by atoms with E-state index in [1.807, 2.05) is 49.9 Å². The standard InChI is InChI=1S/C26H29N3O5/c1-5-6-9-21(25(31)32)29-24(30)19-12-11-18(34-4)13-22(19)28(26(29)33)15-17-14-27(3)20-10-7-8-16(2)23(17)20/h7-8,10-14,21H,5-6,9,15H2,1-4H3,(H,31,32)/t21-/m0/s1. The van der Waals surface area contributed by atoms with E-state index in [0.29, 0.717) is 17.7 Å². The van der Waals surface area contributed by atoms with Crippen molar-refractivity contribution in [2.75, 3.05) is 7.11 Å². The summed E-state index contributed by atoms with van der Waals surface area (Å²) in [5, 5.41) is 11.2. The van der Waals surface area contributed by atoms with Crippen molar-refractivity contribution in [1.29, 1.82) is 0 Å². The second-order valence-corrected chi connectivity index (χ2v) is 8.66. The van der Waals surface area contributed by atoms with E-state index in [0.717, 1.165) is 33.0 Å². The molecule has 2 aromatic heterocycles. The SMILES string of the molecule is CCCC[C@@H](C(=O)O)n1c(=O)c2ccc(OC)cc2n(Cc2cn(C)c3cccc(C)c23)c1=O. The van der Waals surface area contributed by atoms with Crippen LogP contribution in [0.15, 0.2) is 52.2 Å². The van der Waals surface area contributed by atoms with Crippen LogP contribution in [0.3, 0.4) is 0 Å². The number of unbranched alkanes of at least 4 members (excludes halogenated alkanes) is 1. The Morgan fingerprint density at radius 1 is 1.15 bits per heavy atom. The number of aromatic nitrogens is 3. The van der Waals surface area contributed by atoms with E-state index in [-0.39, 0.29) is 18.4 Å². The van der Waals surface area contributed by atoms with E-state index in [2.05, 4.69) is 0 Å². The fourth-order valence-electron chi connectivity index (χ4n) is 4.70. The van der Waals surface area contributed by atoms with E-state index in [9.17, 15) is 19.5 Å². The van der Waals surface area contributed by atoms with Crippen molar-refractivity contribution in [2.45, 2.75) is 45.7 Å². The van der Waals surface area contributed by atoms with Gasteiger partial charge in [0.15, 0.2) is 0 Å². The number of carbonyl (C=O) groups is 1. The zero-order valence-corrected chi connectivity index (χ0v) is 19.9. The first-order valence-corrected chi connectivity index (χ1v) is 11.4. The Kier molecular flexibility index (Phi) is 6.32. The molecule has 0 spiro atoms. The van der Waals surface area contributed by atoms with Crippen LogP contribution in [-0.4, -0.2) is 31.9 Å². The van der Waals surface area contributed by atoms with Crippen LogP contribution in [0.25, 0.3) is 21.8 Å². The molecule has 178 valence electrons. The second kappa shape index (κ2) is 9.21. The van der Waals surface area contributed by atoms with Crippen LogP contribution in [-0.2, 0) is 18.4 Å². The first-order chi connectivity index (χ1) is 16.3. The number of methoxy groups -OCH3 is 1. The number of nitrogens with zero attached hydrogens (tertiary/aromatic N) is 3. The maximum Gasteiger partial charge on any atom is 0.332 e. The molecule has 2 aromatic carbocycles. The van der Waals surface area contributed by atoms with Gasteiger partial charge in [-0.2, -0.15) is 0 Å². The molecule has 2 heterocycles. The molecular formula is C26H29N3O5. The number of aryl methyl sites for hydroxylation is 2. The van der Waals surface area contributed by atoms with Gasteiger partial charge >= 0.3 is 11.7 Å². The number of fused-ring (bicyclic) bond motifs is 2. The van der Waals surface area contributed by atoms with Gasteiger partial charge in [-0.15, -0.1) is 0 Å². The lowest BCUT2D eigenvalue weighted by Gasteiger charge is -2.19. The van der Waals surface area contributed by atoms with Crippen molar-refractivity contribution in [3.8, 4) is 5.75 Å². The van der Waals surface area contributed by atoms with Crippen LogP contribution in [0, 0.1) is 6.92 Å². The lowest BCUT2D eigenvalue weighted by molar-refractivity contribution is -0.141. The van der Waals surface area contributed by atoms with E-state index in [1.165, 1.54) is 11.7 Å². The Bertz CT molecular complexity index is 1510. The molecule has 0 radical (unpaired) electrons. The van der Waals surface area contributed by atoms with Gasteiger partial charge in [-0.3, -0.25) is 9.36 Å². The second-order valence-electron chi connectivity index (χ2n) is 8.66. The molecule has 0 saturated carbocycles. The van der Waals surface area contributed by atoms with Crippen LogP contribution in [0.4, 0.5) is 0 Å². The molecule has 1 atom stereocenters. The molecule has 0 amide bonds. The number of benzene rings is 2. The smallest absolute Gasteiger partial charge is 0.332 e. The van der Waals surface area contributed by atoms with Gasteiger partial charge in [0, 0.05) is 30.2 Å². The molecule has 1 N–H and O–H groups in total. The normalized spacial score (nSPS) is 12.4. The Labute approximate surface area is 196 Å². The highest BCUT2D eigenvalue weighted by atomic mass is 16.5. The maximum atomic E-state index is 13.8. The lowest BCUT2D eigenvalue weighted by Crippen LogP contribution is -2.44. The van der Waals surface area contributed by atoms with Crippen LogP contribution >= 0.6 is 0 Å². The largest absolute Gasteiger partial charge is 0.497 e. The molecule has 0 bridgehead atoms. The summed E-state index contributed by atoms with van der Waals surface area (Å²) in [5.41, 5.74) is 2.19. The summed E-state index contributed by atoms with van der Waals surface area (Å²) in [7, 11) is 3.46. The summed E-state index contributed by atoms with van der Waals surface area (Å²) in [5.74, 6) is -0.680. The number of carboxylic acids is 1. The Balaban J connectivity index is 2.03. The average molecular weight is 464 g/mol. The molecule has 8 nitrogen and oxygen atoms in total. The summed E-state index contributed by atoms with van der Waals surface area (Å²) in [6.45, 7) is 4.14. The van der Waals surface area contributed by atoms with E-state index in [4.69, 9.17) is 4.74 Å². The summed E-state index contributed by atoms with van der Waals surface area (Å²) < 4.78 is 9.75. The minimum Gasteiger partial charge on any atom is -0.497 e. The molecule has 0 aliphatic carbocycles. The zero-order chi connectivity index (χ0) is 24.6. The van der Waals surface area contributed by atoms with Gasteiger partial charge in [-0.25, -0.2) is 14.2 Å². The number of hydrogen-bond donors (Lipinski definition) is 1. The predicted octanol–water partition coefficient (Wildman–Crippen LogP) is 3.84. The highest BCUT2D eigenvalue weighted by Gasteiger charge is 2.26. The third kappa shape index (κ3) is 3.89. The van der Waals surface area contributed by atoms with Crippen molar-refractivity contribution < 1.29 is 14.6 Å². The quantitative estimate of drug-likeness (QED) is 0.428. The van der Waals surface area contributed by atoms with E-state index in [1.54, 1.807) is 18.2 Å². The lowest BCUT2D eigenvalue weighted by atomic mass is 10.1. The maximum absolute atomic E-state index is 13.8. The van der Waals surface area contributed by atoms with Gasteiger partial charge in [0.05, 0.1) is 24.6 Å². The molecular weight excluding hydrogens is 434 g/mol. The summed E-state index contributed by atoms with van der Waals surface area (Å²) in [6, 6.07) is 9.68. The molecule has 0 unspecified atom stereocenters. The highest BCUT2D eigenvalue weighted by Crippen LogP contribution is 2.26. The molecule has 0 fully saturated rings. The first-order valence-electron chi connectivity index (χ1n) is 11.4. The Morgan fingerprint density at radius 3 is 2.59 bits per heavy atom. The van der Waals surface area contributed by atoms with Gasteiger partial charge < -0.3 is 14.4 Å². The number of ether oxygens (including phenoxy) is 1. The summed E-state index contributed by atoms with van der Waals surface area (Å²) in [6.07, 6.45) is 3.52.